The maximum absolute atomic E-state index is 5.64. The topological polar surface area (TPSA) is 99.6 Å². The standard InChI is InChI=1S/C23H28N6O3/c1-7-16(11-21-25-15(4)28-32-21)26-20-10-13(2)24-23-22(14(3)27-29(20)23)18-9-8-17(30-5)12-19(18)31-6/h8-10,12,16,26H,7,11H2,1-6H3. The number of hydrogen-bond acceptors (Lipinski definition) is 8. The molecule has 1 atom stereocenters. The van der Waals surface area contributed by atoms with E-state index < -0.39 is 0 Å². The molecule has 9 heteroatoms. The van der Waals surface area contributed by atoms with E-state index in [0.717, 1.165) is 46.2 Å². The predicted molar refractivity (Wildman–Crippen MR) is 121 cm³/mol. The highest BCUT2D eigenvalue weighted by Crippen LogP contribution is 2.37. The summed E-state index contributed by atoms with van der Waals surface area (Å²) in [5, 5.41) is 12.3. The first kappa shape index (κ1) is 21.6. The lowest BCUT2D eigenvalue weighted by molar-refractivity contribution is 0.367. The first-order chi connectivity index (χ1) is 15.4. The Bertz CT molecular complexity index is 1250. The maximum atomic E-state index is 5.64. The fraction of sp³-hybridized carbons (Fsp3) is 0.391. The summed E-state index contributed by atoms with van der Waals surface area (Å²) in [6.07, 6.45) is 1.50. The molecule has 0 spiro atoms. The van der Waals surface area contributed by atoms with Crippen molar-refractivity contribution in [3.8, 4) is 22.6 Å². The molecule has 9 nitrogen and oxygen atoms in total. The average molecular weight is 437 g/mol. The van der Waals surface area contributed by atoms with Crippen molar-refractivity contribution < 1.29 is 14.0 Å². The van der Waals surface area contributed by atoms with Crippen LogP contribution in [-0.4, -0.2) is 45.0 Å². The lowest BCUT2D eigenvalue weighted by Crippen LogP contribution is -2.23. The van der Waals surface area contributed by atoms with Gasteiger partial charge in [0.1, 0.15) is 17.3 Å². The maximum Gasteiger partial charge on any atom is 0.228 e. The molecule has 0 saturated heterocycles. The van der Waals surface area contributed by atoms with Crippen LogP contribution in [0.4, 0.5) is 5.82 Å². The van der Waals surface area contributed by atoms with Gasteiger partial charge in [-0.15, -0.1) is 0 Å². The molecule has 3 heterocycles. The number of hydrogen-bond donors (Lipinski definition) is 1. The fourth-order valence-corrected chi connectivity index (χ4v) is 3.81. The third-order valence-electron chi connectivity index (χ3n) is 5.41. The van der Waals surface area contributed by atoms with Crippen LogP contribution in [0.2, 0.25) is 0 Å². The highest BCUT2D eigenvalue weighted by molar-refractivity contribution is 5.85. The second kappa shape index (κ2) is 8.86. The molecule has 0 amide bonds. The second-order valence-corrected chi connectivity index (χ2v) is 7.73. The van der Waals surface area contributed by atoms with Gasteiger partial charge in [-0.2, -0.15) is 14.6 Å². The highest BCUT2D eigenvalue weighted by Gasteiger charge is 2.21. The van der Waals surface area contributed by atoms with Gasteiger partial charge >= 0.3 is 0 Å². The molecule has 0 radical (unpaired) electrons. The SMILES string of the molecule is CCC(Cc1nc(C)no1)Nc1cc(C)nc2c(-c3ccc(OC)cc3OC)c(C)nn12. The van der Waals surface area contributed by atoms with Gasteiger partial charge in [0.15, 0.2) is 11.5 Å². The summed E-state index contributed by atoms with van der Waals surface area (Å²) in [6, 6.07) is 7.85. The van der Waals surface area contributed by atoms with E-state index in [9.17, 15) is 0 Å². The summed E-state index contributed by atoms with van der Waals surface area (Å²) in [5.41, 5.74) is 4.35. The number of anilines is 1. The van der Waals surface area contributed by atoms with Gasteiger partial charge in [-0.25, -0.2) is 4.98 Å². The zero-order valence-corrected chi connectivity index (χ0v) is 19.3. The number of nitrogens with zero attached hydrogens (tertiary/aromatic N) is 5. The Balaban J connectivity index is 1.77. The van der Waals surface area contributed by atoms with E-state index in [1.54, 1.807) is 14.2 Å². The van der Waals surface area contributed by atoms with Crippen LogP contribution in [0.5, 0.6) is 11.5 Å². The third-order valence-corrected chi connectivity index (χ3v) is 5.41. The molecule has 1 N–H and O–H groups in total. The summed E-state index contributed by atoms with van der Waals surface area (Å²) < 4.78 is 18.2. The van der Waals surface area contributed by atoms with Crippen LogP contribution in [0.25, 0.3) is 16.8 Å². The first-order valence-electron chi connectivity index (χ1n) is 10.6. The molecule has 1 unspecified atom stereocenters. The van der Waals surface area contributed by atoms with Crippen LogP contribution in [-0.2, 0) is 6.42 Å². The Morgan fingerprint density at radius 3 is 2.56 bits per heavy atom. The minimum Gasteiger partial charge on any atom is -0.497 e. The molecule has 0 aliphatic rings. The Hall–Kier alpha value is -3.62. The monoisotopic (exact) mass is 436 g/mol. The number of aryl methyl sites for hydroxylation is 3. The Morgan fingerprint density at radius 2 is 1.91 bits per heavy atom. The number of nitrogens with one attached hydrogen (secondary N) is 1. The van der Waals surface area contributed by atoms with Crippen molar-refractivity contribution in [2.75, 3.05) is 19.5 Å². The smallest absolute Gasteiger partial charge is 0.228 e. The van der Waals surface area contributed by atoms with E-state index in [-0.39, 0.29) is 6.04 Å². The fourth-order valence-electron chi connectivity index (χ4n) is 3.81. The van der Waals surface area contributed by atoms with Crippen LogP contribution < -0.4 is 14.8 Å². The molecule has 0 aliphatic heterocycles. The number of fused-ring (bicyclic) bond motifs is 1. The van der Waals surface area contributed by atoms with Crippen molar-refractivity contribution >= 4 is 11.5 Å². The van der Waals surface area contributed by atoms with Crippen molar-refractivity contribution in [1.82, 2.24) is 24.7 Å². The molecule has 0 fully saturated rings. The summed E-state index contributed by atoms with van der Waals surface area (Å²) in [5.74, 6) is 3.55. The molecule has 1 aromatic carbocycles. The largest absolute Gasteiger partial charge is 0.497 e. The summed E-state index contributed by atoms with van der Waals surface area (Å²) in [6.45, 7) is 7.89. The summed E-state index contributed by atoms with van der Waals surface area (Å²) in [7, 11) is 3.29. The van der Waals surface area contributed by atoms with Crippen LogP contribution in [0.1, 0.15) is 36.4 Å². The van der Waals surface area contributed by atoms with Gasteiger partial charge in [0.2, 0.25) is 5.89 Å². The summed E-state index contributed by atoms with van der Waals surface area (Å²) in [4.78, 5) is 9.14. The van der Waals surface area contributed by atoms with Crippen molar-refractivity contribution in [1.29, 1.82) is 0 Å². The van der Waals surface area contributed by atoms with E-state index >= 15 is 0 Å². The summed E-state index contributed by atoms with van der Waals surface area (Å²) >= 11 is 0. The van der Waals surface area contributed by atoms with Crippen molar-refractivity contribution in [3.63, 3.8) is 0 Å². The van der Waals surface area contributed by atoms with Gasteiger partial charge in [0, 0.05) is 35.9 Å². The van der Waals surface area contributed by atoms with E-state index in [1.165, 1.54) is 0 Å². The molecular formula is C23H28N6O3. The van der Waals surface area contributed by atoms with Crippen molar-refractivity contribution in [2.45, 2.75) is 46.6 Å². The molecular weight excluding hydrogens is 408 g/mol. The number of rotatable bonds is 8. The number of aromatic nitrogens is 5. The lowest BCUT2D eigenvalue weighted by Gasteiger charge is -2.17. The van der Waals surface area contributed by atoms with Gasteiger partial charge in [-0.05, 0) is 39.3 Å². The predicted octanol–water partition coefficient (Wildman–Crippen LogP) is 4.15. The zero-order valence-electron chi connectivity index (χ0n) is 19.3. The molecule has 168 valence electrons. The van der Waals surface area contributed by atoms with Gasteiger partial charge < -0.3 is 19.3 Å². The second-order valence-electron chi connectivity index (χ2n) is 7.73. The van der Waals surface area contributed by atoms with Gasteiger partial charge in [-0.3, -0.25) is 0 Å². The van der Waals surface area contributed by atoms with Crippen LogP contribution in [0, 0.1) is 20.8 Å². The molecule has 4 rings (SSSR count). The molecule has 32 heavy (non-hydrogen) atoms. The van der Waals surface area contributed by atoms with Crippen LogP contribution >= 0.6 is 0 Å². The number of ether oxygens (including phenoxy) is 2. The van der Waals surface area contributed by atoms with E-state index in [2.05, 4.69) is 22.4 Å². The van der Waals surface area contributed by atoms with Crippen LogP contribution in [0.3, 0.4) is 0 Å². The minimum absolute atomic E-state index is 0.100. The molecule has 0 aliphatic carbocycles. The third kappa shape index (κ3) is 4.10. The quantitative estimate of drug-likeness (QED) is 0.440. The Morgan fingerprint density at radius 1 is 1.09 bits per heavy atom. The highest BCUT2D eigenvalue weighted by atomic mass is 16.5. The van der Waals surface area contributed by atoms with Gasteiger partial charge in [0.25, 0.3) is 0 Å². The molecule has 3 aromatic heterocycles. The zero-order chi connectivity index (χ0) is 22.8. The van der Waals surface area contributed by atoms with E-state index in [0.29, 0.717) is 23.9 Å². The van der Waals surface area contributed by atoms with Crippen molar-refractivity contribution in [2.24, 2.45) is 0 Å². The Kier molecular flexibility index (Phi) is 5.98. The number of methoxy groups -OCH3 is 2. The minimum atomic E-state index is 0.100. The molecule has 4 aromatic rings. The van der Waals surface area contributed by atoms with E-state index in [1.807, 2.05) is 49.6 Å². The average Bonchev–Trinajstić information content (AvgIpc) is 3.34. The first-order valence-corrected chi connectivity index (χ1v) is 10.6. The normalized spacial score (nSPS) is 12.2. The van der Waals surface area contributed by atoms with Crippen molar-refractivity contribution in [3.05, 3.63) is 47.4 Å². The van der Waals surface area contributed by atoms with E-state index in [4.69, 9.17) is 24.1 Å². The van der Waals surface area contributed by atoms with Gasteiger partial charge in [0.05, 0.1) is 25.5 Å². The molecule has 0 saturated carbocycles. The lowest BCUT2D eigenvalue weighted by atomic mass is 10.0. The number of benzene rings is 1. The van der Waals surface area contributed by atoms with Crippen LogP contribution in [0.15, 0.2) is 28.8 Å². The Labute approximate surface area is 186 Å². The molecule has 0 bridgehead atoms. The van der Waals surface area contributed by atoms with Gasteiger partial charge in [-0.1, -0.05) is 12.1 Å².